The highest BCUT2D eigenvalue weighted by Crippen LogP contribution is 2.70. The van der Waals surface area contributed by atoms with Crippen LogP contribution in [-0.2, 0) is 9.53 Å². The molecule has 0 radical (unpaired) electrons. The highest BCUT2D eigenvalue weighted by atomic mass is 16.5. The third kappa shape index (κ3) is 4.60. The summed E-state index contributed by atoms with van der Waals surface area (Å²) in [5.41, 5.74) is 3.19. The van der Waals surface area contributed by atoms with Crippen molar-refractivity contribution in [2.24, 2.45) is 39.9 Å². The van der Waals surface area contributed by atoms with Crippen LogP contribution in [0, 0.1) is 39.9 Å². The second kappa shape index (κ2) is 9.88. The van der Waals surface area contributed by atoms with Crippen LogP contribution in [0.4, 0.5) is 0 Å². The average molecular weight is 459 g/mol. The Hall–Kier alpha value is -1.09. The number of carbonyl (C=O) groups is 1. The van der Waals surface area contributed by atoms with Crippen LogP contribution in [0.25, 0.3) is 0 Å². The van der Waals surface area contributed by atoms with Gasteiger partial charge in [-0.1, -0.05) is 73.0 Å². The topological polar surface area (TPSA) is 46.5 Å². The smallest absolute Gasteiger partial charge is 0.305 e. The lowest BCUT2D eigenvalue weighted by Crippen LogP contribution is -2.48. The van der Waals surface area contributed by atoms with E-state index in [9.17, 15) is 9.90 Å². The van der Waals surface area contributed by atoms with Crippen LogP contribution < -0.4 is 0 Å². The van der Waals surface area contributed by atoms with Gasteiger partial charge in [0.05, 0.1) is 13.2 Å². The van der Waals surface area contributed by atoms with Gasteiger partial charge in [0.1, 0.15) is 0 Å². The van der Waals surface area contributed by atoms with E-state index in [0.717, 1.165) is 37.0 Å². The third-order valence-corrected chi connectivity index (χ3v) is 10.4. The maximum atomic E-state index is 12.1. The molecule has 1 saturated carbocycles. The second-order valence-corrected chi connectivity index (χ2v) is 12.7. The van der Waals surface area contributed by atoms with Crippen molar-refractivity contribution in [3.05, 3.63) is 23.3 Å². The summed E-state index contributed by atoms with van der Waals surface area (Å²) < 4.78 is 4.97. The first-order valence-electron chi connectivity index (χ1n) is 13.6. The van der Waals surface area contributed by atoms with E-state index in [1.165, 1.54) is 50.4 Å². The van der Waals surface area contributed by atoms with E-state index in [1.54, 1.807) is 0 Å². The van der Waals surface area contributed by atoms with Gasteiger partial charge in [0.25, 0.3) is 0 Å². The number of methoxy groups -OCH3 is 1. The molecule has 188 valence electrons. The van der Waals surface area contributed by atoms with Gasteiger partial charge < -0.3 is 9.84 Å². The first-order chi connectivity index (χ1) is 15.4. The predicted molar refractivity (Wildman–Crippen MR) is 137 cm³/mol. The fraction of sp³-hybridized carbons (Fsp3) is 0.833. The fourth-order valence-electron chi connectivity index (χ4n) is 8.05. The minimum Gasteiger partial charge on any atom is -0.469 e. The van der Waals surface area contributed by atoms with Crippen molar-refractivity contribution >= 4 is 5.97 Å². The number of ether oxygens (including phenoxy) is 1. The molecular formula is C30H50O3. The molecule has 33 heavy (non-hydrogen) atoms. The van der Waals surface area contributed by atoms with Crippen molar-refractivity contribution < 1.29 is 14.6 Å². The molecule has 0 amide bonds. The van der Waals surface area contributed by atoms with E-state index < -0.39 is 6.10 Å². The van der Waals surface area contributed by atoms with Crippen LogP contribution >= 0.6 is 0 Å². The summed E-state index contributed by atoms with van der Waals surface area (Å²) in [5, 5.41) is 10.7. The fourth-order valence-corrected chi connectivity index (χ4v) is 8.05. The summed E-state index contributed by atoms with van der Waals surface area (Å²) in [6.07, 6.45) is 14.3. The van der Waals surface area contributed by atoms with E-state index in [4.69, 9.17) is 4.74 Å². The minimum absolute atomic E-state index is 0.136. The standard InChI is InChI=1S/C30H50O3/c1-20(2)10-9-11-21(3)23-14-18-30(7)26-13-12-24(22(4)31)28(5,17-16-27(32)33-8)25(26)15-19-29(23,30)6/h13,15,20-24,31H,9-12,14,16-19H2,1-8H3/t21-,22-,23-,24+,28+,29-,30+/m1/s1. The number of allylic oxidation sites excluding steroid dienone is 4. The Bertz CT molecular complexity index is 777. The molecule has 7 atom stereocenters. The van der Waals surface area contributed by atoms with Gasteiger partial charge in [0.15, 0.2) is 0 Å². The Labute approximate surface area is 203 Å². The van der Waals surface area contributed by atoms with E-state index in [-0.39, 0.29) is 28.1 Å². The number of aliphatic hydroxyl groups is 1. The van der Waals surface area contributed by atoms with Gasteiger partial charge in [-0.3, -0.25) is 4.79 Å². The molecule has 3 nitrogen and oxygen atoms in total. The number of hydrogen-bond donors (Lipinski definition) is 1. The Morgan fingerprint density at radius 1 is 1.09 bits per heavy atom. The molecule has 0 aliphatic heterocycles. The molecule has 0 aromatic carbocycles. The molecule has 3 rings (SSSR count). The lowest BCUT2D eigenvalue weighted by Gasteiger charge is -2.56. The molecule has 0 bridgehead atoms. The van der Waals surface area contributed by atoms with E-state index in [2.05, 4.69) is 53.7 Å². The zero-order chi connectivity index (χ0) is 24.6. The van der Waals surface area contributed by atoms with E-state index >= 15 is 0 Å². The summed E-state index contributed by atoms with van der Waals surface area (Å²) in [7, 11) is 1.47. The zero-order valence-corrected chi connectivity index (χ0v) is 22.7. The third-order valence-electron chi connectivity index (χ3n) is 10.4. The summed E-state index contributed by atoms with van der Waals surface area (Å²) in [5.74, 6) is 2.28. The molecular weight excluding hydrogens is 408 g/mol. The van der Waals surface area contributed by atoms with E-state index in [1.807, 2.05) is 6.92 Å². The minimum atomic E-state index is -0.398. The molecule has 0 heterocycles. The summed E-state index contributed by atoms with van der Waals surface area (Å²) >= 11 is 0. The number of hydrogen-bond acceptors (Lipinski definition) is 3. The van der Waals surface area contributed by atoms with Crippen LogP contribution in [0.5, 0.6) is 0 Å². The number of carbonyl (C=O) groups excluding carboxylic acids is 1. The second-order valence-electron chi connectivity index (χ2n) is 12.7. The quantitative estimate of drug-likeness (QED) is 0.364. The van der Waals surface area contributed by atoms with Gasteiger partial charge in [-0.25, -0.2) is 0 Å². The highest BCUT2D eigenvalue weighted by Gasteiger charge is 2.61. The zero-order valence-electron chi connectivity index (χ0n) is 22.7. The van der Waals surface area contributed by atoms with Gasteiger partial charge in [0.2, 0.25) is 0 Å². The van der Waals surface area contributed by atoms with Crippen molar-refractivity contribution in [3.8, 4) is 0 Å². The molecule has 1 N–H and O–H groups in total. The normalized spacial score (nSPS) is 37.6. The largest absolute Gasteiger partial charge is 0.469 e. The van der Waals surface area contributed by atoms with Crippen molar-refractivity contribution in [1.29, 1.82) is 0 Å². The van der Waals surface area contributed by atoms with Gasteiger partial charge in [-0.2, -0.15) is 0 Å². The molecule has 3 aliphatic rings. The number of aliphatic hydroxyl groups excluding tert-OH is 1. The number of rotatable bonds is 9. The molecule has 0 spiro atoms. The maximum absolute atomic E-state index is 12.1. The van der Waals surface area contributed by atoms with Crippen LogP contribution in [0.2, 0.25) is 0 Å². The van der Waals surface area contributed by atoms with Gasteiger partial charge in [0, 0.05) is 6.42 Å². The number of fused-ring (bicyclic) bond motifs is 3. The predicted octanol–water partition coefficient (Wildman–Crippen LogP) is 7.49. The van der Waals surface area contributed by atoms with Crippen LogP contribution in [-0.4, -0.2) is 24.3 Å². The number of esters is 1. The Morgan fingerprint density at radius 2 is 1.79 bits per heavy atom. The maximum Gasteiger partial charge on any atom is 0.305 e. The van der Waals surface area contributed by atoms with Crippen LogP contribution in [0.15, 0.2) is 23.3 Å². The average Bonchev–Trinajstić information content (AvgIpc) is 3.03. The molecule has 0 saturated heterocycles. The lowest BCUT2D eigenvalue weighted by atomic mass is 9.48. The summed E-state index contributed by atoms with van der Waals surface area (Å²) in [4.78, 5) is 12.1. The van der Waals surface area contributed by atoms with Crippen LogP contribution in [0.1, 0.15) is 106 Å². The summed E-state index contributed by atoms with van der Waals surface area (Å²) in [6, 6.07) is 0. The monoisotopic (exact) mass is 458 g/mol. The SMILES string of the molecule is COC(=O)CC[C@]1(C)C2=CC[C@]3(C)[C@@H]([C@H](C)CCCC(C)C)CC[C@@]3(C)C2=CC[C@H]1[C@@H](C)O. The first-order valence-corrected chi connectivity index (χ1v) is 13.6. The highest BCUT2D eigenvalue weighted by molar-refractivity contribution is 5.69. The van der Waals surface area contributed by atoms with Crippen molar-refractivity contribution in [1.82, 2.24) is 0 Å². The molecule has 0 aromatic rings. The molecule has 3 aliphatic carbocycles. The van der Waals surface area contributed by atoms with Crippen LogP contribution in [0.3, 0.4) is 0 Å². The van der Waals surface area contributed by atoms with Gasteiger partial charge in [-0.05, 0) is 90.1 Å². The van der Waals surface area contributed by atoms with Crippen molar-refractivity contribution in [2.75, 3.05) is 7.11 Å². The molecule has 3 heteroatoms. The van der Waals surface area contributed by atoms with E-state index in [0.29, 0.717) is 6.42 Å². The lowest BCUT2D eigenvalue weighted by molar-refractivity contribution is -0.141. The molecule has 0 aromatic heterocycles. The Balaban J connectivity index is 1.92. The van der Waals surface area contributed by atoms with Crippen molar-refractivity contribution in [3.63, 3.8) is 0 Å². The summed E-state index contributed by atoms with van der Waals surface area (Å²) in [6.45, 7) is 16.5. The van der Waals surface area contributed by atoms with Crippen molar-refractivity contribution in [2.45, 2.75) is 112 Å². The Morgan fingerprint density at radius 3 is 2.39 bits per heavy atom. The first kappa shape index (κ1) is 26.5. The Kier molecular flexibility index (Phi) is 7.94. The molecule has 0 unspecified atom stereocenters. The van der Waals surface area contributed by atoms with Gasteiger partial charge >= 0.3 is 5.97 Å². The van der Waals surface area contributed by atoms with Gasteiger partial charge in [-0.15, -0.1) is 0 Å². The molecule has 1 fully saturated rings.